The molecule has 0 bridgehead atoms. The van der Waals surface area contributed by atoms with Crippen LogP contribution in [-0.4, -0.2) is 23.0 Å². The summed E-state index contributed by atoms with van der Waals surface area (Å²) in [6, 6.07) is 5.22. The lowest BCUT2D eigenvalue weighted by Crippen LogP contribution is -1.91. The largest absolute Gasteiger partial charge is 0.505 e. The van der Waals surface area contributed by atoms with Gasteiger partial charge in [0, 0.05) is 12.3 Å². The number of carbonyl (C=O) groups excluding carboxylic acids is 1. The third-order valence-corrected chi connectivity index (χ3v) is 2.33. The highest BCUT2D eigenvalue weighted by molar-refractivity contribution is 6.03. The highest BCUT2D eigenvalue weighted by Gasteiger charge is 2.13. The van der Waals surface area contributed by atoms with Gasteiger partial charge in [-0.2, -0.15) is 0 Å². The molecule has 4 heteroatoms. The molecule has 1 heterocycles. The first-order valence-electron chi connectivity index (χ1n) is 4.53. The predicted octanol–water partition coefficient (Wildman–Crippen LogP) is 2.08. The molecule has 0 fully saturated rings. The summed E-state index contributed by atoms with van der Waals surface area (Å²) >= 11 is 0. The molecular weight excluding hydrogens is 194 g/mol. The van der Waals surface area contributed by atoms with E-state index in [1.165, 1.54) is 6.92 Å². The second-order valence-electron chi connectivity index (χ2n) is 3.32. The molecule has 2 rings (SSSR count). The molecule has 0 saturated carbocycles. The summed E-state index contributed by atoms with van der Waals surface area (Å²) in [5.41, 5.74) is 0.955. The Morgan fingerprint density at radius 3 is 2.80 bits per heavy atom. The number of ether oxygens (including phenoxy) is 1. The summed E-state index contributed by atoms with van der Waals surface area (Å²) in [5.74, 6) is 0.436. The Balaban J connectivity index is 2.72. The highest BCUT2D eigenvalue weighted by Crippen LogP contribution is 2.31. The van der Waals surface area contributed by atoms with Crippen molar-refractivity contribution in [3.63, 3.8) is 0 Å². The van der Waals surface area contributed by atoms with Crippen LogP contribution in [0.3, 0.4) is 0 Å². The van der Waals surface area contributed by atoms with E-state index in [9.17, 15) is 9.90 Å². The third kappa shape index (κ3) is 1.44. The Hall–Kier alpha value is -1.97. The fourth-order valence-corrected chi connectivity index (χ4v) is 1.54. The molecule has 0 radical (unpaired) electrons. The molecule has 15 heavy (non-hydrogen) atoms. The topological polar surface area (TPSA) is 62.3 Å². The first-order valence-corrected chi connectivity index (χ1v) is 4.53. The number of H-pyrrole nitrogens is 1. The lowest BCUT2D eigenvalue weighted by Gasteiger charge is -1.98. The number of hydrogen-bond donors (Lipinski definition) is 2. The summed E-state index contributed by atoms with van der Waals surface area (Å²) < 4.78 is 5.04. The number of methoxy groups -OCH3 is 1. The lowest BCUT2D eigenvalue weighted by atomic mass is 10.2. The van der Waals surface area contributed by atoms with Gasteiger partial charge in [0.25, 0.3) is 0 Å². The number of Topliss-reactive ketones (excluding diaryl/α,β-unsaturated/α-hetero) is 1. The fraction of sp³-hybridized carbons (Fsp3) is 0.182. The van der Waals surface area contributed by atoms with E-state index in [2.05, 4.69) is 4.98 Å². The van der Waals surface area contributed by atoms with Crippen LogP contribution in [0, 0.1) is 0 Å². The Labute approximate surface area is 86.5 Å². The zero-order valence-corrected chi connectivity index (χ0v) is 8.50. The van der Waals surface area contributed by atoms with Crippen LogP contribution in [0.15, 0.2) is 18.2 Å². The number of rotatable bonds is 2. The van der Waals surface area contributed by atoms with Crippen LogP contribution in [0.5, 0.6) is 11.5 Å². The Morgan fingerprint density at radius 2 is 2.20 bits per heavy atom. The van der Waals surface area contributed by atoms with Gasteiger partial charge in [-0.15, -0.1) is 0 Å². The fourth-order valence-electron chi connectivity index (χ4n) is 1.54. The van der Waals surface area contributed by atoms with Crippen molar-refractivity contribution in [2.24, 2.45) is 0 Å². The summed E-state index contributed by atoms with van der Waals surface area (Å²) in [7, 11) is 1.55. The van der Waals surface area contributed by atoms with Gasteiger partial charge in [-0.3, -0.25) is 4.79 Å². The number of aromatic nitrogens is 1. The molecule has 2 aromatic rings. The van der Waals surface area contributed by atoms with Crippen LogP contribution >= 0.6 is 0 Å². The zero-order chi connectivity index (χ0) is 11.0. The zero-order valence-electron chi connectivity index (χ0n) is 8.50. The molecule has 2 N–H and O–H groups in total. The lowest BCUT2D eigenvalue weighted by molar-refractivity contribution is 0.101. The SMILES string of the molecule is COc1ccc2[nH]c(C(C)=O)c(O)c2c1. The van der Waals surface area contributed by atoms with Gasteiger partial charge in [0.15, 0.2) is 11.5 Å². The average molecular weight is 205 g/mol. The van der Waals surface area contributed by atoms with Gasteiger partial charge < -0.3 is 14.8 Å². The maximum atomic E-state index is 11.2. The van der Waals surface area contributed by atoms with Crippen molar-refractivity contribution >= 4 is 16.7 Å². The molecule has 1 aromatic heterocycles. The van der Waals surface area contributed by atoms with Crippen LogP contribution in [0.2, 0.25) is 0 Å². The van der Waals surface area contributed by atoms with Gasteiger partial charge in [0.1, 0.15) is 11.4 Å². The number of aromatic amines is 1. The van der Waals surface area contributed by atoms with Crippen molar-refractivity contribution < 1.29 is 14.6 Å². The molecule has 0 saturated heterocycles. The molecule has 78 valence electrons. The van der Waals surface area contributed by atoms with Crippen LogP contribution in [0.4, 0.5) is 0 Å². The van der Waals surface area contributed by atoms with Crippen LogP contribution in [-0.2, 0) is 0 Å². The summed E-state index contributed by atoms with van der Waals surface area (Å²) in [6.45, 7) is 1.40. The molecular formula is C11H11NO3. The van der Waals surface area contributed by atoms with Crippen molar-refractivity contribution in [1.82, 2.24) is 4.98 Å². The van der Waals surface area contributed by atoms with E-state index in [1.54, 1.807) is 25.3 Å². The first-order chi connectivity index (χ1) is 7.13. The number of nitrogens with one attached hydrogen (secondary N) is 1. The summed E-state index contributed by atoms with van der Waals surface area (Å²) in [4.78, 5) is 14.0. The maximum Gasteiger partial charge on any atom is 0.179 e. The van der Waals surface area contributed by atoms with Crippen molar-refractivity contribution in [2.45, 2.75) is 6.92 Å². The average Bonchev–Trinajstić information content (AvgIpc) is 2.56. The van der Waals surface area contributed by atoms with Crippen molar-refractivity contribution in [1.29, 1.82) is 0 Å². The Kier molecular flexibility index (Phi) is 2.11. The Morgan fingerprint density at radius 1 is 1.47 bits per heavy atom. The number of carbonyl (C=O) groups is 1. The minimum atomic E-state index is -0.192. The minimum Gasteiger partial charge on any atom is -0.505 e. The molecule has 1 aromatic carbocycles. The van der Waals surface area contributed by atoms with Crippen molar-refractivity contribution in [3.8, 4) is 11.5 Å². The normalized spacial score (nSPS) is 10.5. The maximum absolute atomic E-state index is 11.2. The van der Waals surface area contributed by atoms with E-state index in [4.69, 9.17) is 4.74 Å². The van der Waals surface area contributed by atoms with E-state index in [-0.39, 0.29) is 17.2 Å². The molecule has 0 unspecified atom stereocenters. The standard InChI is InChI=1S/C11H11NO3/c1-6(13)10-11(14)8-5-7(15-2)3-4-9(8)12-10/h3-5,12,14H,1-2H3. The van der Waals surface area contributed by atoms with Crippen LogP contribution in [0.1, 0.15) is 17.4 Å². The van der Waals surface area contributed by atoms with Crippen LogP contribution < -0.4 is 4.74 Å². The second kappa shape index (κ2) is 3.31. The Bertz CT molecular complexity index is 528. The molecule has 0 aliphatic carbocycles. The van der Waals surface area contributed by atoms with Gasteiger partial charge in [-0.1, -0.05) is 0 Å². The van der Waals surface area contributed by atoms with Crippen molar-refractivity contribution in [2.75, 3.05) is 7.11 Å². The number of ketones is 1. The van der Waals surface area contributed by atoms with E-state index in [0.29, 0.717) is 11.1 Å². The van der Waals surface area contributed by atoms with Crippen molar-refractivity contribution in [3.05, 3.63) is 23.9 Å². The number of hydrogen-bond acceptors (Lipinski definition) is 3. The van der Waals surface area contributed by atoms with Gasteiger partial charge in [0.2, 0.25) is 0 Å². The molecule has 0 amide bonds. The predicted molar refractivity (Wildman–Crippen MR) is 56.5 cm³/mol. The number of fused-ring (bicyclic) bond motifs is 1. The highest BCUT2D eigenvalue weighted by atomic mass is 16.5. The molecule has 4 nitrogen and oxygen atoms in total. The molecule has 0 aliphatic heterocycles. The van der Waals surface area contributed by atoms with Crippen LogP contribution in [0.25, 0.3) is 10.9 Å². The molecule has 0 spiro atoms. The smallest absolute Gasteiger partial charge is 0.179 e. The molecule has 0 atom stereocenters. The monoisotopic (exact) mass is 205 g/mol. The number of aromatic hydroxyl groups is 1. The minimum absolute atomic E-state index is 0.0172. The van der Waals surface area contributed by atoms with E-state index < -0.39 is 0 Å². The molecule has 0 aliphatic rings. The van der Waals surface area contributed by atoms with E-state index >= 15 is 0 Å². The number of benzene rings is 1. The quantitative estimate of drug-likeness (QED) is 0.738. The van der Waals surface area contributed by atoms with Gasteiger partial charge in [-0.05, 0) is 18.2 Å². The third-order valence-electron chi connectivity index (χ3n) is 2.33. The second-order valence-corrected chi connectivity index (χ2v) is 3.32. The van der Waals surface area contributed by atoms with Gasteiger partial charge >= 0.3 is 0 Å². The summed E-state index contributed by atoms with van der Waals surface area (Å²) in [6.07, 6.45) is 0. The van der Waals surface area contributed by atoms with Gasteiger partial charge in [0.05, 0.1) is 12.6 Å². The first kappa shape index (κ1) is 9.58. The van der Waals surface area contributed by atoms with Gasteiger partial charge in [-0.25, -0.2) is 0 Å². The summed E-state index contributed by atoms with van der Waals surface area (Å²) in [5, 5.41) is 10.4. The van der Waals surface area contributed by atoms with E-state index in [1.807, 2.05) is 0 Å². The van der Waals surface area contributed by atoms with E-state index in [0.717, 1.165) is 5.52 Å².